The monoisotopic (exact) mass is 209 g/mol. The standard InChI is InChI=1S/C11H12FNO2/c1-15-10(14)11(13)6-9(11)7-2-4-8(12)5-3-7/h2-5,9H,6,13H2,1H3. The number of nitrogens with two attached hydrogens (primary N) is 1. The van der Waals surface area contributed by atoms with E-state index in [2.05, 4.69) is 4.74 Å². The molecule has 0 spiro atoms. The van der Waals surface area contributed by atoms with Crippen LogP contribution in [0.2, 0.25) is 0 Å². The average molecular weight is 209 g/mol. The average Bonchev–Trinajstić information content (AvgIpc) is 2.92. The highest BCUT2D eigenvalue weighted by Crippen LogP contribution is 2.50. The number of hydrogen-bond acceptors (Lipinski definition) is 3. The van der Waals surface area contributed by atoms with Crippen molar-refractivity contribution in [3.63, 3.8) is 0 Å². The van der Waals surface area contributed by atoms with Crippen LogP contribution >= 0.6 is 0 Å². The predicted octanol–water partition coefficient (Wildman–Crippen LogP) is 1.18. The van der Waals surface area contributed by atoms with Crippen LogP contribution < -0.4 is 5.73 Å². The van der Waals surface area contributed by atoms with Gasteiger partial charge in [-0.05, 0) is 24.1 Å². The lowest BCUT2D eigenvalue weighted by Crippen LogP contribution is -2.35. The molecular formula is C11H12FNO2. The van der Waals surface area contributed by atoms with Crippen molar-refractivity contribution in [1.29, 1.82) is 0 Å². The first-order valence-corrected chi connectivity index (χ1v) is 4.70. The van der Waals surface area contributed by atoms with E-state index in [0.717, 1.165) is 5.56 Å². The highest BCUT2D eigenvalue weighted by Gasteiger charge is 2.58. The van der Waals surface area contributed by atoms with Crippen LogP contribution in [-0.4, -0.2) is 18.6 Å². The fraction of sp³-hybridized carbons (Fsp3) is 0.364. The van der Waals surface area contributed by atoms with E-state index in [9.17, 15) is 9.18 Å². The summed E-state index contributed by atoms with van der Waals surface area (Å²) in [5.74, 6) is -0.748. The molecule has 0 aromatic heterocycles. The minimum Gasteiger partial charge on any atom is -0.468 e. The van der Waals surface area contributed by atoms with Gasteiger partial charge in [-0.1, -0.05) is 12.1 Å². The smallest absolute Gasteiger partial charge is 0.326 e. The van der Waals surface area contributed by atoms with Gasteiger partial charge >= 0.3 is 5.97 Å². The van der Waals surface area contributed by atoms with Crippen molar-refractivity contribution in [2.45, 2.75) is 17.9 Å². The molecule has 0 radical (unpaired) electrons. The molecule has 0 bridgehead atoms. The number of carbonyl (C=O) groups excluding carboxylic acids is 1. The molecule has 0 saturated heterocycles. The molecule has 1 aliphatic carbocycles. The summed E-state index contributed by atoms with van der Waals surface area (Å²) >= 11 is 0. The molecule has 4 heteroatoms. The van der Waals surface area contributed by atoms with Crippen LogP contribution in [-0.2, 0) is 9.53 Å². The van der Waals surface area contributed by atoms with Gasteiger partial charge in [-0.15, -0.1) is 0 Å². The molecular weight excluding hydrogens is 197 g/mol. The van der Waals surface area contributed by atoms with Gasteiger partial charge in [-0.3, -0.25) is 4.79 Å². The maximum Gasteiger partial charge on any atom is 0.326 e. The minimum atomic E-state index is -0.910. The van der Waals surface area contributed by atoms with Crippen LogP contribution in [0.1, 0.15) is 17.9 Å². The second-order valence-corrected chi connectivity index (χ2v) is 3.84. The first kappa shape index (κ1) is 10.1. The molecule has 1 saturated carbocycles. The summed E-state index contributed by atoms with van der Waals surface area (Å²) in [5, 5.41) is 0. The summed E-state index contributed by atoms with van der Waals surface area (Å²) in [4.78, 5) is 11.3. The van der Waals surface area contributed by atoms with E-state index in [1.807, 2.05) is 0 Å². The van der Waals surface area contributed by atoms with Gasteiger partial charge in [0, 0.05) is 5.92 Å². The highest BCUT2D eigenvalue weighted by molar-refractivity contribution is 5.86. The zero-order valence-electron chi connectivity index (χ0n) is 8.37. The van der Waals surface area contributed by atoms with Gasteiger partial charge in [0.25, 0.3) is 0 Å². The molecule has 0 heterocycles. The Morgan fingerprint density at radius 1 is 1.53 bits per heavy atom. The Labute approximate surface area is 87.0 Å². The van der Waals surface area contributed by atoms with Crippen LogP contribution in [0.15, 0.2) is 24.3 Å². The van der Waals surface area contributed by atoms with Gasteiger partial charge in [0.1, 0.15) is 11.4 Å². The molecule has 2 N–H and O–H groups in total. The molecule has 1 aromatic carbocycles. The largest absolute Gasteiger partial charge is 0.468 e. The van der Waals surface area contributed by atoms with Gasteiger partial charge in [-0.25, -0.2) is 4.39 Å². The molecule has 2 atom stereocenters. The van der Waals surface area contributed by atoms with Gasteiger partial charge < -0.3 is 10.5 Å². The van der Waals surface area contributed by atoms with Crippen molar-refractivity contribution in [2.24, 2.45) is 5.73 Å². The zero-order chi connectivity index (χ0) is 11.1. The van der Waals surface area contributed by atoms with E-state index in [1.165, 1.54) is 19.2 Å². The van der Waals surface area contributed by atoms with Crippen LogP contribution in [0.3, 0.4) is 0 Å². The summed E-state index contributed by atoms with van der Waals surface area (Å²) < 4.78 is 17.3. The lowest BCUT2D eigenvalue weighted by atomic mass is 10.1. The summed E-state index contributed by atoms with van der Waals surface area (Å²) in [6.45, 7) is 0. The molecule has 3 nitrogen and oxygen atoms in total. The third-order valence-electron chi connectivity index (χ3n) is 2.84. The third-order valence-corrected chi connectivity index (χ3v) is 2.84. The number of methoxy groups -OCH3 is 1. The fourth-order valence-electron chi connectivity index (χ4n) is 1.80. The molecule has 0 amide bonds. The van der Waals surface area contributed by atoms with Crippen molar-refractivity contribution >= 4 is 5.97 Å². The molecule has 15 heavy (non-hydrogen) atoms. The number of ether oxygens (including phenoxy) is 1. The summed E-state index contributed by atoms with van der Waals surface area (Å²) in [6.07, 6.45) is 0.561. The Morgan fingerprint density at radius 3 is 2.67 bits per heavy atom. The van der Waals surface area contributed by atoms with E-state index in [1.54, 1.807) is 12.1 Å². The summed E-state index contributed by atoms with van der Waals surface area (Å²) in [6, 6.07) is 6.03. The first-order valence-electron chi connectivity index (χ1n) is 4.70. The molecule has 2 unspecified atom stereocenters. The van der Waals surface area contributed by atoms with Crippen LogP contribution in [0.4, 0.5) is 4.39 Å². The van der Waals surface area contributed by atoms with Gasteiger partial charge in [-0.2, -0.15) is 0 Å². The number of hydrogen-bond donors (Lipinski definition) is 1. The lowest BCUT2D eigenvalue weighted by Gasteiger charge is -2.08. The molecule has 1 fully saturated rings. The minimum absolute atomic E-state index is 0.0504. The lowest BCUT2D eigenvalue weighted by molar-refractivity contribution is -0.143. The molecule has 80 valence electrons. The van der Waals surface area contributed by atoms with Gasteiger partial charge in [0.05, 0.1) is 7.11 Å². The molecule has 1 aromatic rings. The number of carbonyl (C=O) groups is 1. The van der Waals surface area contributed by atoms with E-state index >= 15 is 0 Å². The SMILES string of the molecule is COC(=O)C1(N)CC1c1ccc(F)cc1. The number of benzene rings is 1. The second-order valence-electron chi connectivity index (χ2n) is 3.84. The first-order chi connectivity index (χ1) is 7.08. The van der Waals surface area contributed by atoms with Gasteiger partial charge in [0.2, 0.25) is 0 Å². The van der Waals surface area contributed by atoms with Crippen LogP contribution in [0.25, 0.3) is 0 Å². The predicted molar refractivity (Wildman–Crippen MR) is 52.7 cm³/mol. The number of esters is 1. The quantitative estimate of drug-likeness (QED) is 0.744. The normalized spacial score (nSPS) is 28.6. The van der Waals surface area contributed by atoms with Crippen molar-refractivity contribution < 1.29 is 13.9 Å². The maximum atomic E-state index is 12.7. The topological polar surface area (TPSA) is 52.3 Å². The van der Waals surface area contributed by atoms with Crippen molar-refractivity contribution in [2.75, 3.05) is 7.11 Å². The Morgan fingerprint density at radius 2 is 2.13 bits per heavy atom. The molecule has 1 aliphatic rings. The van der Waals surface area contributed by atoms with Crippen molar-refractivity contribution in [3.8, 4) is 0 Å². The summed E-state index contributed by atoms with van der Waals surface area (Å²) in [7, 11) is 1.32. The Hall–Kier alpha value is -1.42. The maximum absolute atomic E-state index is 12.7. The number of halogens is 1. The fourth-order valence-corrected chi connectivity index (χ4v) is 1.80. The van der Waals surface area contributed by atoms with Crippen molar-refractivity contribution in [1.82, 2.24) is 0 Å². The molecule has 2 rings (SSSR count). The van der Waals surface area contributed by atoms with Gasteiger partial charge in [0.15, 0.2) is 0 Å². The van der Waals surface area contributed by atoms with Crippen LogP contribution in [0.5, 0.6) is 0 Å². The second kappa shape index (κ2) is 3.31. The summed E-state index contributed by atoms with van der Waals surface area (Å²) in [5.41, 5.74) is 5.82. The number of rotatable bonds is 2. The van der Waals surface area contributed by atoms with E-state index in [4.69, 9.17) is 5.73 Å². The van der Waals surface area contributed by atoms with E-state index < -0.39 is 11.5 Å². The Kier molecular flexibility index (Phi) is 2.23. The van der Waals surface area contributed by atoms with Crippen LogP contribution in [0, 0.1) is 5.82 Å². The van der Waals surface area contributed by atoms with E-state index in [0.29, 0.717) is 6.42 Å². The molecule has 0 aliphatic heterocycles. The highest BCUT2D eigenvalue weighted by atomic mass is 19.1. The Bertz CT molecular complexity index is 390. The van der Waals surface area contributed by atoms with Crippen molar-refractivity contribution in [3.05, 3.63) is 35.6 Å². The Balaban J connectivity index is 2.16. The van der Waals surface area contributed by atoms with E-state index in [-0.39, 0.29) is 11.7 Å². The zero-order valence-corrected chi connectivity index (χ0v) is 8.37. The third kappa shape index (κ3) is 1.61.